The van der Waals surface area contributed by atoms with Gasteiger partial charge in [0.1, 0.15) is 4.75 Å². The molecule has 3 atom stereocenters. The monoisotopic (exact) mass is 274 g/mol. The van der Waals surface area contributed by atoms with E-state index in [-0.39, 0.29) is 22.3 Å². The van der Waals surface area contributed by atoms with Gasteiger partial charge in [-0.15, -0.1) is 4.72 Å². The molecule has 5 heteroatoms. The van der Waals surface area contributed by atoms with E-state index in [9.17, 15) is 4.55 Å². The van der Waals surface area contributed by atoms with E-state index in [4.69, 9.17) is 4.74 Å². The van der Waals surface area contributed by atoms with E-state index in [2.05, 4.69) is 17.0 Å². The Hall–Kier alpha value is 0.190. The molecular formula is C13H26N2O2S. The lowest BCUT2D eigenvalue weighted by atomic mass is 9.74. The second kappa shape index (κ2) is 5.29. The normalized spacial score (nSPS) is 33.8. The van der Waals surface area contributed by atoms with Crippen molar-refractivity contribution in [3.05, 3.63) is 0 Å². The van der Waals surface area contributed by atoms with Crippen LogP contribution in [0.15, 0.2) is 0 Å². The molecule has 2 N–H and O–H groups in total. The summed E-state index contributed by atoms with van der Waals surface area (Å²) in [5, 5.41) is 3.40. The lowest BCUT2D eigenvalue weighted by molar-refractivity contribution is 0.0951. The van der Waals surface area contributed by atoms with Crippen LogP contribution in [-0.2, 0) is 16.1 Å². The van der Waals surface area contributed by atoms with Crippen LogP contribution < -0.4 is 10.0 Å². The maximum Gasteiger partial charge on any atom is 0.136 e. The maximum absolute atomic E-state index is 12.3. The Bertz CT molecular complexity index is 282. The van der Waals surface area contributed by atoms with Crippen LogP contribution in [0.1, 0.15) is 40.5 Å². The minimum absolute atomic E-state index is 0.148. The van der Waals surface area contributed by atoms with E-state index < -0.39 is 11.4 Å². The molecule has 2 saturated heterocycles. The van der Waals surface area contributed by atoms with Gasteiger partial charge in [-0.25, -0.2) is 0 Å². The molecule has 2 heterocycles. The van der Waals surface area contributed by atoms with E-state index in [0.717, 1.165) is 32.5 Å². The van der Waals surface area contributed by atoms with Crippen molar-refractivity contribution in [2.24, 2.45) is 5.41 Å². The Balaban J connectivity index is 2.08. The summed E-state index contributed by atoms with van der Waals surface area (Å²) in [5.74, 6) is 0. The number of hydrogen-bond donors (Lipinski definition) is 2. The van der Waals surface area contributed by atoms with Crippen molar-refractivity contribution in [2.45, 2.75) is 57.4 Å². The smallest absolute Gasteiger partial charge is 0.136 e. The van der Waals surface area contributed by atoms with Crippen LogP contribution in [0.25, 0.3) is 0 Å². The molecular weight excluding hydrogens is 248 g/mol. The fourth-order valence-corrected chi connectivity index (χ4v) is 3.90. The van der Waals surface area contributed by atoms with Gasteiger partial charge in [0, 0.05) is 16.8 Å². The molecule has 2 aliphatic heterocycles. The summed E-state index contributed by atoms with van der Waals surface area (Å²) < 4.78 is 21.3. The highest BCUT2D eigenvalue weighted by atomic mass is 32.2. The summed E-state index contributed by atoms with van der Waals surface area (Å²) in [6.07, 6.45) is 2.36. The van der Waals surface area contributed by atoms with Gasteiger partial charge in [-0.2, -0.15) is 0 Å². The molecule has 106 valence electrons. The average Bonchev–Trinajstić information content (AvgIpc) is 2.58. The third-order valence-corrected chi connectivity index (χ3v) is 5.73. The highest BCUT2D eigenvalue weighted by Crippen LogP contribution is 2.41. The second-order valence-electron chi connectivity index (χ2n) is 6.61. The number of hydrogen-bond acceptors (Lipinski definition) is 4. The van der Waals surface area contributed by atoms with E-state index in [1.165, 1.54) is 0 Å². The lowest BCUT2D eigenvalue weighted by Crippen LogP contribution is -2.56. The number of nitrogens with one attached hydrogen (secondary N) is 2. The first kappa shape index (κ1) is 14.6. The van der Waals surface area contributed by atoms with E-state index in [1.54, 1.807) is 0 Å². The topological polar surface area (TPSA) is 56.3 Å². The molecule has 0 bridgehead atoms. The van der Waals surface area contributed by atoms with Gasteiger partial charge in [0.25, 0.3) is 0 Å². The van der Waals surface area contributed by atoms with Crippen molar-refractivity contribution in [3.63, 3.8) is 0 Å². The molecule has 0 amide bonds. The highest BCUT2D eigenvalue weighted by molar-refractivity contribution is 7.90. The lowest BCUT2D eigenvalue weighted by Gasteiger charge is -2.39. The molecule has 0 saturated carbocycles. The van der Waals surface area contributed by atoms with Gasteiger partial charge in [-0.05, 0) is 53.6 Å². The standard InChI is InChI=1S/C13H26N2O2S/c1-10-11(15-18(16)12(2,3)4)13(9-17-10)5-7-14-8-6-13/h10-11,14-15H,5-9H2,1-4H3/t10-,11+,18-/m1/s1. The third kappa shape index (κ3) is 2.85. The SMILES string of the molecule is C[C@H]1OCC2(CCNCC2)[C@H]1N[S@+]([O-])C(C)(C)C. The van der Waals surface area contributed by atoms with Crippen molar-refractivity contribution in [3.8, 4) is 0 Å². The molecule has 2 rings (SSSR count). The maximum atomic E-state index is 12.3. The van der Waals surface area contributed by atoms with Gasteiger partial charge >= 0.3 is 0 Å². The van der Waals surface area contributed by atoms with Crippen molar-refractivity contribution in [1.82, 2.24) is 10.0 Å². The molecule has 18 heavy (non-hydrogen) atoms. The summed E-state index contributed by atoms with van der Waals surface area (Å²) in [6.45, 7) is 11.0. The van der Waals surface area contributed by atoms with Crippen LogP contribution in [0.4, 0.5) is 0 Å². The second-order valence-corrected chi connectivity index (χ2v) is 8.60. The Kier molecular flexibility index (Phi) is 4.29. The molecule has 1 spiro atoms. The quantitative estimate of drug-likeness (QED) is 0.743. The van der Waals surface area contributed by atoms with Crippen molar-refractivity contribution < 1.29 is 9.29 Å². The minimum Gasteiger partial charge on any atom is -0.598 e. The minimum atomic E-state index is -1.03. The molecule has 2 fully saturated rings. The fraction of sp³-hybridized carbons (Fsp3) is 1.00. The van der Waals surface area contributed by atoms with E-state index in [0.29, 0.717) is 0 Å². The van der Waals surface area contributed by atoms with Gasteiger partial charge in [-0.1, -0.05) is 0 Å². The molecule has 4 nitrogen and oxygen atoms in total. The summed E-state index contributed by atoms with van der Waals surface area (Å²) in [4.78, 5) is 0. The Labute approximate surface area is 114 Å². The Morgan fingerprint density at radius 3 is 2.50 bits per heavy atom. The number of rotatable bonds is 2. The predicted octanol–water partition coefficient (Wildman–Crippen LogP) is 1.20. The average molecular weight is 274 g/mol. The van der Waals surface area contributed by atoms with Crippen LogP contribution in [-0.4, -0.2) is 41.1 Å². The zero-order valence-electron chi connectivity index (χ0n) is 11.9. The van der Waals surface area contributed by atoms with Crippen LogP contribution in [0.5, 0.6) is 0 Å². The zero-order chi connectivity index (χ0) is 13.4. The molecule has 0 aromatic carbocycles. The van der Waals surface area contributed by atoms with Crippen LogP contribution >= 0.6 is 0 Å². The van der Waals surface area contributed by atoms with Gasteiger partial charge < -0.3 is 14.6 Å². The summed E-state index contributed by atoms with van der Waals surface area (Å²) >= 11 is -1.03. The highest BCUT2D eigenvalue weighted by Gasteiger charge is 2.51. The Morgan fingerprint density at radius 2 is 1.94 bits per heavy atom. The van der Waals surface area contributed by atoms with Gasteiger partial charge in [0.15, 0.2) is 0 Å². The molecule has 0 aromatic rings. The van der Waals surface area contributed by atoms with Crippen LogP contribution in [0.2, 0.25) is 0 Å². The Morgan fingerprint density at radius 1 is 1.33 bits per heavy atom. The van der Waals surface area contributed by atoms with Crippen LogP contribution in [0.3, 0.4) is 0 Å². The molecule has 0 aliphatic carbocycles. The first-order valence-electron chi connectivity index (χ1n) is 6.86. The molecule has 2 aliphatic rings. The summed E-state index contributed by atoms with van der Waals surface area (Å²) in [7, 11) is 0. The number of ether oxygens (including phenoxy) is 1. The van der Waals surface area contributed by atoms with Crippen molar-refractivity contribution in [2.75, 3.05) is 19.7 Å². The van der Waals surface area contributed by atoms with Crippen molar-refractivity contribution >= 4 is 11.4 Å². The van der Waals surface area contributed by atoms with E-state index >= 15 is 0 Å². The van der Waals surface area contributed by atoms with Gasteiger partial charge in [0.05, 0.1) is 18.8 Å². The zero-order valence-corrected chi connectivity index (χ0v) is 12.7. The molecule has 0 radical (unpaired) electrons. The van der Waals surface area contributed by atoms with Crippen molar-refractivity contribution in [1.29, 1.82) is 0 Å². The first-order chi connectivity index (χ1) is 8.35. The fourth-order valence-electron chi connectivity index (χ4n) is 2.87. The summed E-state index contributed by atoms with van der Waals surface area (Å²) in [5.41, 5.74) is 0.172. The predicted molar refractivity (Wildman–Crippen MR) is 74.8 cm³/mol. The number of piperidine rings is 1. The largest absolute Gasteiger partial charge is 0.598 e. The molecule has 0 aromatic heterocycles. The van der Waals surface area contributed by atoms with Crippen LogP contribution in [0, 0.1) is 5.41 Å². The molecule has 0 unspecified atom stereocenters. The first-order valence-corrected chi connectivity index (χ1v) is 8.00. The van der Waals surface area contributed by atoms with Gasteiger partial charge in [-0.3, -0.25) is 0 Å². The van der Waals surface area contributed by atoms with E-state index in [1.807, 2.05) is 20.8 Å². The summed E-state index contributed by atoms with van der Waals surface area (Å²) in [6, 6.07) is 0.208. The van der Waals surface area contributed by atoms with Gasteiger partial charge in [0.2, 0.25) is 0 Å². The third-order valence-electron chi connectivity index (χ3n) is 4.15.